The van der Waals surface area contributed by atoms with E-state index < -0.39 is 0 Å². The van der Waals surface area contributed by atoms with E-state index in [1.807, 2.05) is 6.07 Å². The van der Waals surface area contributed by atoms with Gasteiger partial charge in [0.1, 0.15) is 5.82 Å². The van der Waals surface area contributed by atoms with Gasteiger partial charge in [-0.25, -0.2) is 4.39 Å². The van der Waals surface area contributed by atoms with E-state index in [4.69, 9.17) is 0 Å². The molecular weight excluding hydrogens is 391 g/mol. The van der Waals surface area contributed by atoms with Crippen LogP contribution in [0.25, 0.3) is 0 Å². The molecule has 0 nitrogen and oxygen atoms in total. The first-order valence-corrected chi connectivity index (χ1v) is 14.1. The SMILES string of the molecule is CCCCCCC1CCC(C(CC2CC=CCC2)c2ccc(CCCCC)c(F)c2)CC1. The van der Waals surface area contributed by atoms with Crippen molar-refractivity contribution in [3.63, 3.8) is 0 Å². The van der Waals surface area contributed by atoms with Crippen LogP contribution in [0.1, 0.15) is 134 Å². The van der Waals surface area contributed by atoms with Crippen molar-refractivity contribution < 1.29 is 4.39 Å². The highest BCUT2D eigenvalue weighted by molar-refractivity contribution is 5.28. The van der Waals surface area contributed by atoms with Crippen molar-refractivity contribution in [3.8, 4) is 0 Å². The summed E-state index contributed by atoms with van der Waals surface area (Å²) in [7, 11) is 0. The standard InChI is InChI=1S/C31H49F/c1-3-5-7-10-13-25-17-19-27(20-18-25)30(23-26-14-11-8-12-15-26)29-22-21-28(31(32)24-29)16-9-6-4-2/h8,11,21-22,24-27,30H,3-7,9-10,12-20,23H2,1-2H3. The lowest BCUT2D eigenvalue weighted by molar-refractivity contribution is 0.209. The molecule has 0 bridgehead atoms. The molecule has 0 N–H and O–H groups in total. The van der Waals surface area contributed by atoms with Gasteiger partial charge in [-0.1, -0.05) is 95.9 Å². The van der Waals surface area contributed by atoms with Gasteiger partial charge < -0.3 is 0 Å². The van der Waals surface area contributed by atoms with Gasteiger partial charge in [0.25, 0.3) is 0 Å². The highest BCUT2D eigenvalue weighted by atomic mass is 19.1. The van der Waals surface area contributed by atoms with Crippen LogP contribution in [-0.2, 0) is 6.42 Å². The monoisotopic (exact) mass is 440 g/mol. The van der Waals surface area contributed by atoms with Gasteiger partial charge in [-0.2, -0.15) is 0 Å². The van der Waals surface area contributed by atoms with Gasteiger partial charge in [0.15, 0.2) is 0 Å². The van der Waals surface area contributed by atoms with Crippen LogP contribution >= 0.6 is 0 Å². The quantitative estimate of drug-likeness (QED) is 0.211. The number of benzene rings is 1. The maximum Gasteiger partial charge on any atom is 0.126 e. The van der Waals surface area contributed by atoms with Gasteiger partial charge in [0.2, 0.25) is 0 Å². The van der Waals surface area contributed by atoms with E-state index in [9.17, 15) is 0 Å². The third kappa shape index (κ3) is 8.03. The number of rotatable bonds is 13. The van der Waals surface area contributed by atoms with Crippen LogP contribution < -0.4 is 0 Å². The van der Waals surface area contributed by atoms with E-state index in [1.165, 1.54) is 102 Å². The zero-order valence-electron chi connectivity index (χ0n) is 21.1. The second kappa shape index (κ2) is 14.2. The second-order valence-corrected chi connectivity index (χ2v) is 10.9. The molecule has 1 fully saturated rings. The Labute approximate surface area is 198 Å². The fourth-order valence-corrected chi connectivity index (χ4v) is 6.33. The predicted octanol–water partition coefficient (Wildman–Crippen LogP) is 10.2. The predicted molar refractivity (Wildman–Crippen MR) is 138 cm³/mol. The first kappa shape index (κ1) is 25.5. The number of hydrogen-bond donors (Lipinski definition) is 0. The molecule has 2 atom stereocenters. The molecular formula is C31H49F. The molecule has 2 unspecified atom stereocenters. The molecule has 0 spiro atoms. The van der Waals surface area contributed by atoms with Gasteiger partial charge in [-0.3, -0.25) is 0 Å². The first-order chi connectivity index (χ1) is 15.7. The Hall–Kier alpha value is -1.11. The maximum atomic E-state index is 15.0. The highest BCUT2D eigenvalue weighted by Crippen LogP contribution is 2.44. The molecule has 3 rings (SSSR count). The Bertz CT molecular complexity index is 667. The summed E-state index contributed by atoms with van der Waals surface area (Å²) < 4.78 is 15.0. The summed E-state index contributed by atoms with van der Waals surface area (Å²) >= 11 is 0. The molecule has 0 aliphatic heterocycles. The maximum absolute atomic E-state index is 15.0. The Morgan fingerprint density at radius 3 is 2.31 bits per heavy atom. The number of halogens is 1. The Morgan fingerprint density at radius 1 is 0.844 bits per heavy atom. The summed E-state index contributed by atoms with van der Waals surface area (Å²) in [6.07, 6.45) is 26.6. The molecule has 0 heterocycles. The van der Waals surface area contributed by atoms with Crippen molar-refractivity contribution in [3.05, 3.63) is 47.3 Å². The minimum atomic E-state index is 0.0525. The molecule has 0 aromatic heterocycles. The summed E-state index contributed by atoms with van der Waals surface area (Å²) in [5.74, 6) is 3.07. The van der Waals surface area contributed by atoms with E-state index in [2.05, 4.69) is 38.1 Å². The molecule has 2 aliphatic rings. The summed E-state index contributed by atoms with van der Waals surface area (Å²) in [5.41, 5.74) is 2.22. The molecule has 1 heteroatoms. The second-order valence-electron chi connectivity index (χ2n) is 10.9. The van der Waals surface area contributed by atoms with Crippen LogP contribution in [0.15, 0.2) is 30.4 Å². The normalized spacial score (nSPS) is 24.5. The topological polar surface area (TPSA) is 0 Å². The van der Waals surface area contributed by atoms with Crippen LogP contribution in [0.3, 0.4) is 0 Å². The minimum Gasteiger partial charge on any atom is -0.207 e. The lowest BCUT2D eigenvalue weighted by atomic mass is 9.69. The Morgan fingerprint density at radius 2 is 1.62 bits per heavy atom. The Balaban J connectivity index is 1.63. The van der Waals surface area contributed by atoms with E-state index in [1.54, 1.807) is 0 Å². The molecule has 1 saturated carbocycles. The van der Waals surface area contributed by atoms with Crippen molar-refractivity contribution in [1.29, 1.82) is 0 Å². The average Bonchev–Trinajstić information content (AvgIpc) is 2.83. The Kier molecular flexibility index (Phi) is 11.3. The number of allylic oxidation sites excluding steroid dienone is 2. The fourth-order valence-electron chi connectivity index (χ4n) is 6.33. The first-order valence-electron chi connectivity index (χ1n) is 14.1. The average molecular weight is 441 g/mol. The number of hydrogen-bond acceptors (Lipinski definition) is 0. The highest BCUT2D eigenvalue weighted by Gasteiger charge is 2.30. The van der Waals surface area contributed by atoms with Crippen LogP contribution in [0.4, 0.5) is 4.39 Å². The third-order valence-electron chi connectivity index (χ3n) is 8.45. The van der Waals surface area contributed by atoms with Crippen molar-refractivity contribution in [2.45, 2.75) is 129 Å². The summed E-state index contributed by atoms with van der Waals surface area (Å²) in [6, 6.07) is 6.35. The lowest BCUT2D eigenvalue weighted by Crippen LogP contribution is -2.23. The molecule has 0 amide bonds. The van der Waals surface area contributed by atoms with Gasteiger partial charge >= 0.3 is 0 Å². The summed E-state index contributed by atoms with van der Waals surface area (Å²) in [4.78, 5) is 0. The van der Waals surface area contributed by atoms with Crippen molar-refractivity contribution >= 4 is 0 Å². The smallest absolute Gasteiger partial charge is 0.126 e. The molecule has 0 saturated heterocycles. The van der Waals surface area contributed by atoms with E-state index in [-0.39, 0.29) is 5.82 Å². The minimum absolute atomic E-state index is 0.0525. The molecule has 0 radical (unpaired) electrons. The van der Waals surface area contributed by atoms with E-state index in [0.29, 0.717) is 5.92 Å². The largest absolute Gasteiger partial charge is 0.207 e. The van der Waals surface area contributed by atoms with Crippen molar-refractivity contribution in [2.24, 2.45) is 17.8 Å². The molecule has 32 heavy (non-hydrogen) atoms. The fraction of sp³-hybridized carbons (Fsp3) is 0.742. The summed E-state index contributed by atoms with van der Waals surface area (Å²) in [5, 5.41) is 0. The van der Waals surface area contributed by atoms with Crippen molar-refractivity contribution in [1.82, 2.24) is 0 Å². The van der Waals surface area contributed by atoms with E-state index in [0.717, 1.165) is 36.2 Å². The lowest BCUT2D eigenvalue weighted by Gasteiger charge is -2.36. The van der Waals surface area contributed by atoms with Crippen LogP contribution in [0, 0.1) is 23.6 Å². The molecule has 1 aromatic rings. The molecule has 2 aliphatic carbocycles. The van der Waals surface area contributed by atoms with Gasteiger partial charge in [0, 0.05) is 0 Å². The van der Waals surface area contributed by atoms with Crippen LogP contribution in [0.5, 0.6) is 0 Å². The molecule has 1 aromatic carbocycles. The van der Waals surface area contributed by atoms with Gasteiger partial charge in [-0.05, 0) is 92.2 Å². The zero-order valence-corrected chi connectivity index (χ0v) is 21.1. The van der Waals surface area contributed by atoms with Crippen LogP contribution in [0.2, 0.25) is 0 Å². The van der Waals surface area contributed by atoms with Crippen molar-refractivity contribution in [2.75, 3.05) is 0 Å². The zero-order chi connectivity index (χ0) is 22.6. The third-order valence-corrected chi connectivity index (χ3v) is 8.45. The van der Waals surface area contributed by atoms with Gasteiger partial charge in [0.05, 0.1) is 0 Å². The summed E-state index contributed by atoms with van der Waals surface area (Å²) in [6.45, 7) is 4.51. The van der Waals surface area contributed by atoms with E-state index >= 15 is 4.39 Å². The molecule has 180 valence electrons. The number of unbranched alkanes of at least 4 members (excludes halogenated alkanes) is 5. The van der Waals surface area contributed by atoms with Gasteiger partial charge in [-0.15, -0.1) is 0 Å². The number of aryl methyl sites for hydroxylation is 1. The van der Waals surface area contributed by atoms with Crippen LogP contribution in [-0.4, -0.2) is 0 Å².